The summed E-state index contributed by atoms with van der Waals surface area (Å²) >= 11 is 0. The van der Waals surface area contributed by atoms with Crippen LogP contribution in [0.3, 0.4) is 0 Å². The summed E-state index contributed by atoms with van der Waals surface area (Å²) in [5.74, 6) is -1.32. The fourth-order valence-corrected chi connectivity index (χ4v) is 2.41. The highest BCUT2D eigenvalue weighted by molar-refractivity contribution is 6.19. The first-order valence-corrected chi connectivity index (χ1v) is 8.67. The third kappa shape index (κ3) is 5.68. The Balaban J connectivity index is 0.000000409. The molecular formula is C24H22O4. The number of carbonyl (C=O) groups excluding carboxylic acids is 1. The minimum absolute atomic E-state index is 0.176. The number of fused-ring (bicyclic) bond motifs is 1. The van der Waals surface area contributed by atoms with E-state index >= 15 is 0 Å². The molecule has 4 heteroatoms. The van der Waals surface area contributed by atoms with Gasteiger partial charge in [-0.15, -0.1) is 0 Å². The van der Waals surface area contributed by atoms with Crippen molar-refractivity contribution in [2.24, 2.45) is 0 Å². The monoisotopic (exact) mass is 374 g/mol. The lowest BCUT2D eigenvalue weighted by Gasteiger charge is -2.10. The Morgan fingerprint density at radius 2 is 1.46 bits per heavy atom. The molecule has 0 amide bonds. The number of esters is 1. The predicted molar refractivity (Wildman–Crippen MR) is 112 cm³/mol. The maximum atomic E-state index is 12.2. The van der Waals surface area contributed by atoms with Crippen molar-refractivity contribution in [1.29, 1.82) is 0 Å². The molecule has 0 saturated carbocycles. The zero-order valence-electron chi connectivity index (χ0n) is 15.7. The molecule has 4 nitrogen and oxygen atoms in total. The first kappa shape index (κ1) is 20.6. The lowest BCUT2D eigenvalue weighted by Crippen LogP contribution is -2.06. The number of benzene rings is 3. The van der Waals surface area contributed by atoms with Crippen LogP contribution in [0.2, 0.25) is 0 Å². The molecule has 0 saturated heterocycles. The van der Waals surface area contributed by atoms with E-state index in [0.29, 0.717) is 5.57 Å². The van der Waals surface area contributed by atoms with Gasteiger partial charge in [0.1, 0.15) is 6.61 Å². The maximum Gasteiger partial charge on any atom is 0.338 e. The van der Waals surface area contributed by atoms with E-state index in [1.165, 1.54) is 6.92 Å². The summed E-state index contributed by atoms with van der Waals surface area (Å²) in [5, 5.41) is 9.98. The van der Waals surface area contributed by atoms with Gasteiger partial charge in [-0.05, 0) is 28.8 Å². The molecule has 0 fully saturated rings. The molecule has 0 spiro atoms. The standard InChI is InChI=1S/C20H16O2.C4H6O2/c1-15(20(21)22-14-16-8-3-2-4-9-16)18-13-7-11-17-10-5-6-12-19(17)18;1-3(2)4(5)6/h2-13H,1,14H2;1H2,2H3,(H,5,6). The molecule has 0 radical (unpaired) electrons. The first-order chi connectivity index (χ1) is 13.4. The molecule has 0 heterocycles. The molecular weight excluding hydrogens is 352 g/mol. The van der Waals surface area contributed by atoms with Crippen LogP contribution in [0.25, 0.3) is 16.3 Å². The molecule has 0 aliphatic heterocycles. The van der Waals surface area contributed by atoms with Gasteiger partial charge in [0.05, 0.1) is 5.57 Å². The van der Waals surface area contributed by atoms with Gasteiger partial charge in [-0.1, -0.05) is 86.0 Å². The average molecular weight is 374 g/mol. The van der Waals surface area contributed by atoms with Gasteiger partial charge in [0, 0.05) is 5.57 Å². The minimum Gasteiger partial charge on any atom is -0.478 e. The van der Waals surface area contributed by atoms with Crippen LogP contribution in [0.1, 0.15) is 18.1 Å². The van der Waals surface area contributed by atoms with Crippen molar-refractivity contribution in [3.63, 3.8) is 0 Å². The third-order valence-corrected chi connectivity index (χ3v) is 3.94. The zero-order chi connectivity index (χ0) is 20.5. The Morgan fingerprint density at radius 3 is 2.11 bits per heavy atom. The maximum absolute atomic E-state index is 12.2. The fraction of sp³-hybridized carbons (Fsp3) is 0.0833. The summed E-state index contributed by atoms with van der Waals surface area (Å²) in [6.45, 7) is 8.77. The summed E-state index contributed by atoms with van der Waals surface area (Å²) in [5.41, 5.74) is 2.33. The fourth-order valence-electron chi connectivity index (χ4n) is 2.41. The number of carboxylic acid groups (broad SMARTS) is 1. The molecule has 3 aromatic carbocycles. The van der Waals surface area contributed by atoms with Gasteiger partial charge in [-0.2, -0.15) is 0 Å². The predicted octanol–water partition coefficient (Wildman–Crippen LogP) is 5.24. The normalized spacial score (nSPS) is 9.75. The van der Waals surface area contributed by atoms with E-state index in [4.69, 9.17) is 9.84 Å². The molecule has 0 aromatic heterocycles. The molecule has 1 N–H and O–H groups in total. The highest BCUT2D eigenvalue weighted by Crippen LogP contribution is 2.25. The van der Waals surface area contributed by atoms with E-state index in [1.807, 2.05) is 72.8 Å². The minimum atomic E-state index is -0.935. The zero-order valence-corrected chi connectivity index (χ0v) is 15.7. The van der Waals surface area contributed by atoms with Crippen molar-refractivity contribution in [2.45, 2.75) is 13.5 Å². The number of rotatable bonds is 5. The lowest BCUT2D eigenvalue weighted by molar-refractivity contribution is -0.137. The third-order valence-electron chi connectivity index (χ3n) is 3.94. The van der Waals surface area contributed by atoms with Gasteiger partial charge in [-0.3, -0.25) is 0 Å². The summed E-state index contributed by atoms with van der Waals surface area (Å²) in [7, 11) is 0. The molecule has 3 aromatic rings. The molecule has 3 rings (SSSR count). The number of hydrogen-bond acceptors (Lipinski definition) is 3. The number of ether oxygens (including phenoxy) is 1. The summed E-state index contributed by atoms with van der Waals surface area (Å²) in [4.78, 5) is 21.8. The van der Waals surface area contributed by atoms with Crippen molar-refractivity contribution in [2.75, 3.05) is 0 Å². The smallest absolute Gasteiger partial charge is 0.338 e. The van der Waals surface area contributed by atoms with Gasteiger partial charge >= 0.3 is 11.9 Å². The van der Waals surface area contributed by atoms with Crippen LogP contribution in [-0.4, -0.2) is 17.0 Å². The van der Waals surface area contributed by atoms with Crippen LogP contribution in [0.4, 0.5) is 0 Å². The van der Waals surface area contributed by atoms with Crippen molar-refractivity contribution in [3.8, 4) is 0 Å². The molecule has 142 valence electrons. The van der Waals surface area contributed by atoms with Crippen molar-refractivity contribution >= 4 is 28.3 Å². The highest BCUT2D eigenvalue weighted by atomic mass is 16.5. The van der Waals surface area contributed by atoms with E-state index in [2.05, 4.69) is 13.2 Å². The van der Waals surface area contributed by atoms with E-state index < -0.39 is 5.97 Å². The molecule has 0 atom stereocenters. The summed E-state index contributed by atoms with van der Waals surface area (Å²) < 4.78 is 5.35. The quantitative estimate of drug-likeness (QED) is 0.490. The Kier molecular flexibility index (Phi) is 7.28. The van der Waals surface area contributed by atoms with Gasteiger partial charge in [0.25, 0.3) is 0 Å². The summed E-state index contributed by atoms with van der Waals surface area (Å²) in [6.07, 6.45) is 0. The van der Waals surface area contributed by atoms with Crippen LogP contribution in [0, 0.1) is 0 Å². The van der Waals surface area contributed by atoms with Crippen molar-refractivity contribution in [1.82, 2.24) is 0 Å². The lowest BCUT2D eigenvalue weighted by atomic mass is 9.99. The molecule has 0 aliphatic carbocycles. The second kappa shape index (κ2) is 9.88. The molecule has 0 aliphatic rings. The van der Waals surface area contributed by atoms with Crippen molar-refractivity contribution < 1.29 is 19.4 Å². The van der Waals surface area contributed by atoms with E-state index in [1.54, 1.807) is 0 Å². The number of aliphatic carboxylic acids is 1. The van der Waals surface area contributed by atoms with E-state index in [9.17, 15) is 9.59 Å². The molecule has 0 bridgehead atoms. The van der Waals surface area contributed by atoms with Gasteiger partial charge in [0.15, 0.2) is 0 Å². The second-order valence-corrected chi connectivity index (χ2v) is 6.15. The number of carbonyl (C=O) groups is 2. The van der Waals surface area contributed by atoms with Crippen LogP contribution >= 0.6 is 0 Å². The second-order valence-electron chi connectivity index (χ2n) is 6.15. The Labute approximate surface area is 164 Å². The Bertz CT molecular complexity index is 986. The van der Waals surface area contributed by atoms with Crippen molar-refractivity contribution in [3.05, 3.63) is 103 Å². The highest BCUT2D eigenvalue weighted by Gasteiger charge is 2.13. The molecule has 0 unspecified atom stereocenters. The largest absolute Gasteiger partial charge is 0.478 e. The Hall–Kier alpha value is -3.66. The first-order valence-electron chi connectivity index (χ1n) is 8.67. The molecule has 28 heavy (non-hydrogen) atoms. The topological polar surface area (TPSA) is 63.6 Å². The average Bonchev–Trinajstić information content (AvgIpc) is 2.72. The van der Waals surface area contributed by atoms with Crippen LogP contribution < -0.4 is 0 Å². The number of carboxylic acids is 1. The van der Waals surface area contributed by atoms with Gasteiger partial charge in [-0.25, -0.2) is 9.59 Å². The van der Waals surface area contributed by atoms with Crippen LogP contribution in [0.15, 0.2) is 91.5 Å². The Morgan fingerprint density at radius 1 is 0.893 bits per heavy atom. The van der Waals surface area contributed by atoms with E-state index in [-0.39, 0.29) is 18.1 Å². The van der Waals surface area contributed by atoms with Crippen LogP contribution in [-0.2, 0) is 20.9 Å². The summed E-state index contributed by atoms with van der Waals surface area (Å²) in [6, 6.07) is 23.4. The van der Waals surface area contributed by atoms with Gasteiger partial charge < -0.3 is 9.84 Å². The van der Waals surface area contributed by atoms with Gasteiger partial charge in [0.2, 0.25) is 0 Å². The van der Waals surface area contributed by atoms with E-state index in [0.717, 1.165) is 21.9 Å². The van der Waals surface area contributed by atoms with Crippen LogP contribution in [0.5, 0.6) is 0 Å². The SMILES string of the molecule is C=C(C(=O)OCc1ccccc1)c1cccc2ccccc12.C=C(C)C(=O)O. The number of hydrogen-bond donors (Lipinski definition) is 1.